The van der Waals surface area contributed by atoms with E-state index in [0.29, 0.717) is 16.4 Å². The number of benzene rings is 1. The Labute approximate surface area is 149 Å². The van der Waals surface area contributed by atoms with Gasteiger partial charge in [0.05, 0.1) is 30.4 Å². The third-order valence-electron chi connectivity index (χ3n) is 3.32. The Hall–Kier alpha value is -2.61. The van der Waals surface area contributed by atoms with Gasteiger partial charge in [-0.1, -0.05) is 0 Å². The van der Waals surface area contributed by atoms with Gasteiger partial charge in [-0.05, 0) is 49.9 Å². The fourth-order valence-electron chi connectivity index (χ4n) is 2.09. The van der Waals surface area contributed by atoms with Crippen LogP contribution in [0.5, 0.6) is 0 Å². The van der Waals surface area contributed by atoms with E-state index in [1.807, 2.05) is 13.8 Å². The molecule has 0 N–H and O–H groups in total. The first kappa shape index (κ1) is 18.7. The van der Waals surface area contributed by atoms with Crippen LogP contribution >= 0.6 is 11.8 Å². The van der Waals surface area contributed by atoms with Gasteiger partial charge >= 0.3 is 11.9 Å². The van der Waals surface area contributed by atoms with Gasteiger partial charge in [-0.2, -0.15) is 0 Å². The molecule has 25 heavy (non-hydrogen) atoms. The Kier molecular flexibility index (Phi) is 5.97. The number of carbonyl (C=O) groups is 3. The Morgan fingerprint density at radius 1 is 1.16 bits per heavy atom. The van der Waals surface area contributed by atoms with Gasteiger partial charge in [0.15, 0.2) is 5.17 Å². The summed E-state index contributed by atoms with van der Waals surface area (Å²) >= 11 is 1.10. The van der Waals surface area contributed by atoms with E-state index in [2.05, 4.69) is 14.5 Å². The standard InChI is InChI=1S/C17H18N2O5S/c1-10(2)19-15(21)13(9-14(20)23-3)25-17(19)18-12-7-5-11(6-8-12)16(22)24-4/h5-10H,1-4H3. The van der Waals surface area contributed by atoms with Crippen molar-refractivity contribution in [1.29, 1.82) is 0 Å². The summed E-state index contributed by atoms with van der Waals surface area (Å²) in [6.07, 6.45) is 1.16. The molecule has 0 unspecified atom stereocenters. The molecule has 0 bridgehead atoms. The molecule has 8 heteroatoms. The summed E-state index contributed by atoms with van der Waals surface area (Å²) in [6, 6.07) is 6.38. The van der Waals surface area contributed by atoms with Gasteiger partial charge in [0.1, 0.15) is 0 Å². The molecule has 1 heterocycles. The second-order valence-corrected chi connectivity index (χ2v) is 6.34. The summed E-state index contributed by atoms with van der Waals surface area (Å²) in [5, 5.41) is 0.459. The van der Waals surface area contributed by atoms with E-state index < -0.39 is 11.9 Å². The third-order valence-corrected chi connectivity index (χ3v) is 4.30. The summed E-state index contributed by atoms with van der Waals surface area (Å²) in [6.45, 7) is 3.71. The van der Waals surface area contributed by atoms with Crippen LogP contribution in [0.2, 0.25) is 0 Å². The number of thioether (sulfide) groups is 1. The predicted molar refractivity (Wildman–Crippen MR) is 94.5 cm³/mol. The van der Waals surface area contributed by atoms with Gasteiger partial charge in [0.2, 0.25) is 0 Å². The van der Waals surface area contributed by atoms with E-state index in [9.17, 15) is 14.4 Å². The smallest absolute Gasteiger partial charge is 0.337 e. The number of rotatable bonds is 4. The molecular formula is C17H18N2O5S. The van der Waals surface area contributed by atoms with Crippen molar-refractivity contribution in [1.82, 2.24) is 4.90 Å². The number of aliphatic imine (C=N–C) groups is 1. The molecule has 0 aliphatic carbocycles. The number of amides is 1. The average molecular weight is 362 g/mol. The molecule has 1 fully saturated rings. The molecule has 0 spiro atoms. The van der Waals surface area contributed by atoms with E-state index in [4.69, 9.17) is 0 Å². The molecule has 0 atom stereocenters. The molecule has 1 aromatic rings. The molecule has 1 amide bonds. The van der Waals surface area contributed by atoms with Gasteiger partial charge in [0, 0.05) is 12.1 Å². The number of esters is 2. The normalized spacial score (nSPS) is 17.5. The van der Waals surface area contributed by atoms with Crippen molar-refractivity contribution in [3.05, 3.63) is 40.8 Å². The number of hydrogen-bond donors (Lipinski definition) is 0. The van der Waals surface area contributed by atoms with Crippen molar-refractivity contribution in [2.45, 2.75) is 19.9 Å². The molecule has 0 aromatic heterocycles. The molecule has 0 radical (unpaired) electrons. The number of amidine groups is 1. The topological polar surface area (TPSA) is 85.3 Å². The lowest BCUT2D eigenvalue weighted by molar-refractivity contribution is -0.135. The van der Waals surface area contributed by atoms with Crippen LogP contribution < -0.4 is 0 Å². The summed E-state index contributed by atoms with van der Waals surface area (Å²) in [5.41, 5.74) is 0.988. The highest BCUT2D eigenvalue weighted by Gasteiger charge is 2.35. The lowest BCUT2D eigenvalue weighted by Gasteiger charge is -2.19. The van der Waals surface area contributed by atoms with Crippen LogP contribution in [-0.4, -0.2) is 48.2 Å². The molecule has 0 saturated carbocycles. The Balaban J connectivity index is 2.33. The van der Waals surface area contributed by atoms with Crippen molar-refractivity contribution in [2.75, 3.05) is 14.2 Å². The van der Waals surface area contributed by atoms with Crippen molar-refractivity contribution in [2.24, 2.45) is 4.99 Å². The highest BCUT2D eigenvalue weighted by Crippen LogP contribution is 2.34. The SMILES string of the molecule is COC(=O)C=C1SC(=Nc2ccc(C(=O)OC)cc2)N(C(C)C)C1=O. The maximum Gasteiger partial charge on any atom is 0.337 e. The highest BCUT2D eigenvalue weighted by molar-refractivity contribution is 8.18. The van der Waals surface area contributed by atoms with Crippen molar-refractivity contribution in [3.63, 3.8) is 0 Å². The van der Waals surface area contributed by atoms with Gasteiger partial charge in [-0.3, -0.25) is 9.69 Å². The van der Waals surface area contributed by atoms with Crippen molar-refractivity contribution >= 4 is 40.5 Å². The zero-order valence-electron chi connectivity index (χ0n) is 14.3. The molecule has 132 valence electrons. The molecule has 2 rings (SSSR count). The van der Waals surface area contributed by atoms with E-state index in [1.165, 1.54) is 19.1 Å². The number of ether oxygens (including phenoxy) is 2. The second kappa shape index (κ2) is 7.98. The molecule has 1 aliphatic heterocycles. The predicted octanol–water partition coefficient (Wildman–Crippen LogP) is 2.50. The van der Waals surface area contributed by atoms with Gasteiger partial charge in [0.25, 0.3) is 5.91 Å². The first-order valence-corrected chi connectivity index (χ1v) is 8.27. The molecule has 1 aromatic carbocycles. The summed E-state index contributed by atoms with van der Waals surface area (Å²) < 4.78 is 9.22. The van der Waals surface area contributed by atoms with Crippen molar-refractivity contribution in [3.8, 4) is 0 Å². The largest absolute Gasteiger partial charge is 0.466 e. The van der Waals surface area contributed by atoms with Crippen LogP contribution in [0, 0.1) is 0 Å². The molecular weight excluding hydrogens is 344 g/mol. The molecule has 1 aliphatic rings. The van der Waals surface area contributed by atoms with E-state index in [1.54, 1.807) is 24.3 Å². The van der Waals surface area contributed by atoms with Crippen LogP contribution in [0.15, 0.2) is 40.2 Å². The second-order valence-electron chi connectivity index (χ2n) is 5.34. The summed E-state index contributed by atoms with van der Waals surface area (Å²) in [7, 11) is 2.56. The number of methoxy groups -OCH3 is 2. The zero-order valence-corrected chi connectivity index (χ0v) is 15.1. The first-order valence-electron chi connectivity index (χ1n) is 7.45. The van der Waals surface area contributed by atoms with Gasteiger partial charge in [-0.15, -0.1) is 0 Å². The monoisotopic (exact) mass is 362 g/mol. The van der Waals surface area contributed by atoms with E-state index >= 15 is 0 Å². The van der Waals surface area contributed by atoms with Crippen LogP contribution in [0.4, 0.5) is 5.69 Å². The minimum atomic E-state index is -0.594. The maximum atomic E-state index is 12.5. The number of nitrogens with zero attached hydrogens (tertiary/aromatic N) is 2. The minimum absolute atomic E-state index is 0.128. The number of carbonyl (C=O) groups excluding carboxylic acids is 3. The van der Waals surface area contributed by atoms with Crippen LogP contribution in [0.3, 0.4) is 0 Å². The third kappa shape index (κ3) is 4.27. The fraction of sp³-hybridized carbons (Fsp3) is 0.294. The van der Waals surface area contributed by atoms with Gasteiger partial charge < -0.3 is 9.47 Å². The lowest BCUT2D eigenvalue weighted by Crippen LogP contribution is -2.35. The zero-order chi connectivity index (χ0) is 18.6. The molecule has 7 nitrogen and oxygen atoms in total. The fourth-order valence-corrected chi connectivity index (χ4v) is 3.17. The molecule has 1 saturated heterocycles. The van der Waals surface area contributed by atoms with Gasteiger partial charge in [-0.25, -0.2) is 14.6 Å². The van der Waals surface area contributed by atoms with E-state index in [-0.39, 0.29) is 16.9 Å². The summed E-state index contributed by atoms with van der Waals surface area (Å²) in [4.78, 5) is 41.6. The van der Waals surface area contributed by atoms with Crippen LogP contribution in [-0.2, 0) is 19.1 Å². The average Bonchev–Trinajstić information content (AvgIpc) is 2.90. The van der Waals surface area contributed by atoms with Crippen LogP contribution in [0.25, 0.3) is 0 Å². The quantitative estimate of drug-likeness (QED) is 0.604. The highest BCUT2D eigenvalue weighted by atomic mass is 32.2. The summed E-state index contributed by atoms with van der Waals surface area (Å²) in [5.74, 6) is -1.32. The Bertz CT molecular complexity index is 753. The maximum absolute atomic E-state index is 12.5. The Morgan fingerprint density at radius 2 is 1.80 bits per heavy atom. The van der Waals surface area contributed by atoms with E-state index in [0.717, 1.165) is 17.8 Å². The first-order chi connectivity index (χ1) is 11.9. The number of hydrogen-bond acceptors (Lipinski definition) is 7. The Morgan fingerprint density at radius 3 is 2.32 bits per heavy atom. The van der Waals surface area contributed by atoms with Crippen LogP contribution in [0.1, 0.15) is 24.2 Å². The minimum Gasteiger partial charge on any atom is -0.466 e. The lowest BCUT2D eigenvalue weighted by atomic mass is 10.2. The van der Waals surface area contributed by atoms with Crippen molar-refractivity contribution < 1.29 is 23.9 Å².